The molecule has 0 heteroatoms. The standard InChI is InChI=1S/C10H12/c1-2-6-10-8-4-3-7-9(10)5-1/h1-2,6,9H,3,5,7-8H2. The Hall–Kier alpha value is -0.520. The highest BCUT2D eigenvalue weighted by atomic mass is 14.2. The lowest BCUT2D eigenvalue weighted by Crippen LogP contribution is -2.11. The molecular weight excluding hydrogens is 120 g/mol. The van der Waals surface area contributed by atoms with Crippen molar-refractivity contribution in [3.05, 3.63) is 30.2 Å². The summed E-state index contributed by atoms with van der Waals surface area (Å²) in [6, 6.07) is 0. The quantitative estimate of drug-likeness (QED) is 0.475. The lowest BCUT2D eigenvalue weighted by molar-refractivity contribution is 0.506. The molecule has 2 aliphatic rings. The molecule has 0 aromatic carbocycles. The van der Waals surface area contributed by atoms with Crippen molar-refractivity contribution in [3.8, 4) is 0 Å². The van der Waals surface area contributed by atoms with E-state index in [-0.39, 0.29) is 0 Å². The van der Waals surface area contributed by atoms with Crippen molar-refractivity contribution in [1.29, 1.82) is 0 Å². The van der Waals surface area contributed by atoms with Crippen LogP contribution in [0.3, 0.4) is 0 Å². The van der Waals surface area contributed by atoms with Gasteiger partial charge in [-0.25, -0.2) is 0 Å². The lowest BCUT2D eigenvalue weighted by Gasteiger charge is -2.25. The minimum absolute atomic E-state index is 0.867. The zero-order chi connectivity index (χ0) is 6.81. The molecule has 1 fully saturated rings. The van der Waals surface area contributed by atoms with Crippen LogP contribution in [0.25, 0.3) is 0 Å². The third-order valence-electron chi connectivity index (χ3n) is 2.39. The monoisotopic (exact) mass is 132 g/mol. The Morgan fingerprint density at radius 3 is 3.40 bits per heavy atom. The summed E-state index contributed by atoms with van der Waals surface area (Å²) in [5, 5.41) is 0. The van der Waals surface area contributed by atoms with Gasteiger partial charge in [0.1, 0.15) is 0 Å². The van der Waals surface area contributed by atoms with Crippen molar-refractivity contribution in [2.45, 2.75) is 25.7 Å². The Bertz CT molecular complexity index is 174. The molecule has 0 bridgehead atoms. The van der Waals surface area contributed by atoms with E-state index >= 15 is 0 Å². The first-order chi connectivity index (χ1) is 4.97. The zero-order valence-corrected chi connectivity index (χ0v) is 6.14. The van der Waals surface area contributed by atoms with E-state index in [0.717, 1.165) is 12.3 Å². The van der Waals surface area contributed by atoms with Crippen molar-refractivity contribution in [2.24, 2.45) is 5.92 Å². The van der Waals surface area contributed by atoms with Crippen molar-refractivity contribution in [2.75, 3.05) is 0 Å². The highest BCUT2D eigenvalue weighted by Gasteiger charge is 2.18. The van der Waals surface area contributed by atoms with Crippen LogP contribution in [0.5, 0.6) is 0 Å². The van der Waals surface area contributed by atoms with Gasteiger partial charge in [0.2, 0.25) is 0 Å². The second-order valence-corrected chi connectivity index (χ2v) is 3.07. The van der Waals surface area contributed by atoms with Gasteiger partial charge in [-0.05, 0) is 38.0 Å². The molecule has 52 valence electrons. The molecule has 0 aromatic rings. The van der Waals surface area contributed by atoms with Gasteiger partial charge >= 0.3 is 0 Å². The van der Waals surface area contributed by atoms with Crippen LogP contribution >= 0.6 is 0 Å². The Labute approximate surface area is 62.6 Å². The number of hydrogen-bond acceptors (Lipinski definition) is 0. The first kappa shape index (κ1) is 6.21. The Balaban J connectivity index is 2.14. The van der Waals surface area contributed by atoms with Crippen LogP contribution in [-0.4, -0.2) is 0 Å². The van der Waals surface area contributed by atoms with Crippen molar-refractivity contribution in [1.82, 2.24) is 0 Å². The average molecular weight is 132 g/mol. The molecule has 2 radical (unpaired) electrons. The molecule has 0 N–H and O–H groups in total. The summed E-state index contributed by atoms with van der Waals surface area (Å²) in [5.41, 5.74) is 1.61. The maximum atomic E-state index is 3.38. The molecule has 2 rings (SSSR count). The van der Waals surface area contributed by atoms with Gasteiger partial charge in [0.25, 0.3) is 0 Å². The molecule has 0 nitrogen and oxygen atoms in total. The first-order valence-electron chi connectivity index (χ1n) is 4.03. The largest absolute Gasteiger partial charge is 0.0839 e. The van der Waals surface area contributed by atoms with Gasteiger partial charge in [0, 0.05) is 0 Å². The molecule has 1 saturated carbocycles. The van der Waals surface area contributed by atoms with Crippen LogP contribution in [0.4, 0.5) is 0 Å². The van der Waals surface area contributed by atoms with E-state index in [9.17, 15) is 0 Å². The van der Waals surface area contributed by atoms with Gasteiger partial charge in [0.05, 0.1) is 0 Å². The Kier molecular flexibility index (Phi) is 1.62. The maximum absolute atomic E-state index is 3.38. The van der Waals surface area contributed by atoms with Gasteiger partial charge in [0.15, 0.2) is 0 Å². The third-order valence-corrected chi connectivity index (χ3v) is 2.39. The van der Waals surface area contributed by atoms with E-state index in [2.05, 4.69) is 24.6 Å². The fourth-order valence-corrected chi connectivity index (χ4v) is 1.74. The number of fused-ring (bicyclic) bond motifs is 1. The van der Waals surface area contributed by atoms with Crippen molar-refractivity contribution in [3.63, 3.8) is 0 Å². The fourth-order valence-electron chi connectivity index (χ4n) is 1.74. The van der Waals surface area contributed by atoms with Crippen LogP contribution in [0, 0.1) is 12.3 Å². The molecular formula is C10H12. The van der Waals surface area contributed by atoms with Crippen LogP contribution in [0.1, 0.15) is 25.7 Å². The predicted molar refractivity (Wildman–Crippen MR) is 42.4 cm³/mol. The van der Waals surface area contributed by atoms with E-state index in [1.165, 1.54) is 19.3 Å². The summed E-state index contributed by atoms with van der Waals surface area (Å²) in [4.78, 5) is 0. The van der Waals surface area contributed by atoms with Crippen LogP contribution in [-0.2, 0) is 0 Å². The highest BCUT2D eigenvalue weighted by molar-refractivity contribution is 5.23. The molecule has 1 unspecified atom stereocenters. The van der Waals surface area contributed by atoms with Gasteiger partial charge in [-0.1, -0.05) is 23.8 Å². The molecule has 0 spiro atoms. The SMILES string of the molecule is [C]1CCC2CC=CC=C2C1. The average Bonchev–Trinajstić information content (AvgIpc) is 2.05. The topological polar surface area (TPSA) is 0 Å². The molecule has 2 aliphatic carbocycles. The molecule has 0 amide bonds. The summed E-state index contributed by atoms with van der Waals surface area (Å²) in [6.07, 6.45) is 15.0. The molecule has 1 atom stereocenters. The number of rotatable bonds is 0. The number of allylic oxidation sites excluding steroid dienone is 4. The van der Waals surface area contributed by atoms with E-state index in [1.807, 2.05) is 0 Å². The second kappa shape index (κ2) is 2.61. The molecule has 0 aliphatic heterocycles. The van der Waals surface area contributed by atoms with Crippen molar-refractivity contribution >= 4 is 0 Å². The van der Waals surface area contributed by atoms with Gasteiger partial charge in [-0.15, -0.1) is 0 Å². The van der Waals surface area contributed by atoms with Crippen LogP contribution < -0.4 is 0 Å². The van der Waals surface area contributed by atoms with Gasteiger partial charge < -0.3 is 0 Å². The molecule has 0 heterocycles. The molecule has 10 heavy (non-hydrogen) atoms. The Morgan fingerprint density at radius 2 is 2.50 bits per heavy atom. The zero-order valence-electron chi connectivity index (χ0n) is 6.14. The number of hydrogen-bond donors (Lipinski definition) is 0. The normalized spacial score (nSPS) is 31.2. The van der Waals surface area contributed by atoms with E-state index in [0.29, 0.717) is 0 Å². The smallest absolute Gasteiger partial charge is 0.0130 e. The predicted octanol–water partition coefficient (Wildman–Crippen LogP) is 2.75. The summed E-state index contributed by atoms with van der Waals surface area (Å²) in [7, 11) is 0. The van der Waals surface area contributed by atoms with Gasteiger partial charge in [-0.3, -0.25) is 0 Å². The van der Waals surface area contributed by atoms with Crippen LogP contribution in [0.15, 0.2) is 23.8 Å². The minimum Gasteiger partial charge on any atom is -0.0839 e. The summed E-state index contributed by atoms with van der Waals surface area (Å²) in [5.74, 6) is 0.867. The highest BCUT2D eigenvalue weighted by Crippen LogP contribution is 2.33. The summed E-state index contributed by atoms with van der Waals surface area (Å²) in [6.45, 7) is 0. The fraction of sp³-hybridized carbons (Fsp3) is 0.500. The summed E-state index contributed by atoms with van der Waals surface area (Å²) >= 11 is 0. The Morgan fingerprint density at radius 1 is 1.50 bits per heavy atom. The first-order valence-corrected chi connectivity index (χ1v) is 4.03. The van der Waals surface area contributed by atoms with E-state index < -0.39 is 0 Å². The van der Waals surface area contributed by atoms with E-state index in [4.69, 9.17) is 0 Å². The third kappa shape index (κ3) is 1.03. The molecule has 0 aromatic heterocycles. The van der Waals surface area contributed by atoms with Crippen molar-refractivity contribution < 1.29 is 0 Å². The second-order valence-electron chi connectivity index (χ2n) is 3.07. The minimum atomic E-state index is 0.867. The molecule has 0 saturated heterocycles. The van der Waals surface area contributed by atoms with Gasteiger partial charge in [-0.2, -0.15) is 0 Å². The maximum Gasteiger partial charge on any atom is -0.0130 e. The van der Waals surface area contributed by atoms with Crippen LogP contribution in [0.2, 0.25) is 0 Å². The summed E-state index contributed by atoms with van der Waals surface area (Å²) < 4.78 is 0. The van der Waals surface area contributed by atoms with E-state index in [1.54, 1.807) is 5.57 Å². The lowest BCUT2D eigenvalue weighted by atomic mass is 9.80.